The van der Waals surface area contributed by atoms with Crippen molar-refractivity contribution in [1.82, 2.24) is 14.7 Å². The summed E-state index contributed by atoms with van der Waals surface area (Å²) in [5.41, 5.74) is 6.41. The molecule has 0 aliphatic rings. The molecule has 0 spiro atoms. The van der Waals surface area contributed by atoms with Crippen LogP contribution in [0.25, 0.3) is 0 Å². The first kappa shape index (κ1) is 15.9. The van der Waals surface area contributed by atoms with Gasteiger partial charge in [-0.25, -0.2) is 0 Å². The van der Waals surface area contributed by atoms with Crippen LogP contribution >= 0.6 is 0 Å². The van der Waals surface area contributed by atoms with Crippen LogP contribution in [0.4, 0.5) is 13.2 Å². The van der Waals surface area contributed by atoms with Gasteiger partial charge in [-0.1, -0.05) is 0 Å². The fourth-order valence-corrected chi connectivity index (χ4v) is 2.12. The molecule has 0 aliphatic heterocycles. The fraction of sp³-hybridized carbons (Fsp3) is 0.727. The average molecular weight is 280 g/mol. The maximum absolute atomic E-state index is 12.6. The molecule has 0 radical (unpaired) electrons. The van der Waals surface area contributed by atoms with E-state index in [-0.39, 0.29) is 13.2 Å². The van der Waals surface area contributed by atoms with E-state index >= 15 is 0 Å². The summed E-state index contributed by atoms with van der Waals surface area (Å²) in [6, 6.07) is -1.15. The summed E-state index contributed by atoms with van der Waals surface area (Å²) >= 11 is 0. The zero-order valence-electron chi connectivity index (χ0n) is 10.9. The molecule has 0 aliphatic carbocycles. The Morgan fingerprint density at radius 3 is 2.53 bits per heavy atom. The van der Waals surface area contributed by atoms with Gasteiger partial charge in [-0.05, 0) is 6.92 Å². The minimum absolute atomic E-state index is 0.0966. The average Bonchev–Trinajstić information content (AvgIpc) is 2.62. The molecular formula is C11H19F3N4O. The molecule has 0 aromatic carbocycles. The summed E-state index contributed by atoms with van der Waals surface area (Å²) in [5, 5.41) is 12.9. The largest absolute Gasteiger partial charge is 0.401 e. The van der Waals surface area contributed by atoms with Crippen LogP contribution in [0.3, 0.4) is 0 Å². The standard InChI is InChI=1S/C11H19F3N4O/c1-8(15)10(9-5-16-17(2)6-9)18(3-4-19)7-11(12,13)14/h5-6,8,10,19H,3-4,7,15H2,1-2H3. The van der Waals surface area contributed by atoms with Gasteiger partial charge < -0.3 is 10.8 Å². The molecule has 8 heteroatoms. The second kappa shape index (κ2) is 6.36. The molecular weight excluding hydrogens is 261 g/mol. The highest BCUT2D eigenvalue weighted by atomic mass is 19.4. The smallest absolute Gasteiger partial charge is 0.395 e. The van der Waals surface area contributed by atoms with Crippen molar-refractivity contribution in [3.05, 3.63) is 18.0 Å². The van der Waals surface area contributed by atoms with Gasteiger partial charge in [-0.2, -0.15) is 18.3 Å². The normalized spacial score (nSPS) is 15.8. The number of aliphatic hydroxyl groups is 1. The Labute approximate surface area is 109 Å². The zero-order valence-corrected chi connectivity index (χ0v) is 10.9. The summed E-state index contributed by atoms with van der Waals surface area (Å²) in [4.78, 5) is 1.13. The van der Waals surface area contributed by atoms with Crippen molar-refractivity contribution in [2.24, 2.45) is 12.8 Å². The fourth-order valence-electron chi connectivity index (χ4n) is 2.12. The van der Waals surface area contributed by atoms with Crippen molar-refractivity contribution in [1.29, 1.82) is 0 Å². The minimum atomic E-state index is -4.34. The highest BCUT2D eigenvalue weighted by molar-refractivity contribution is 5.13. The van der Waals surface area contributed by atoms with Gasteiger partial charge in [0.25, 0.3) is 0 Å². The first-order chi connectivity index (χ1) is 8.74. The number of aryl methyl sites for hydroxylation is 1. The third kappa shape index (κ3) is 4.81. The lowest BCUT2D eigenvalue weighted by Gasteiger charge is -2.33. The number of rotatable bonds is 6. The van der Waals surface area contributed by atoms with Crippen molar-refractivity contribution in [3.8, 4) is 0 Å². The highest BCUT2D eigenvalue weighted by Crippen LogP contribution is 2.27. The van der Waals surface area contributed by atoms with E-state index in [2.05, 4.69) is 5.10 Å². The predicted octanol–water partition coefficient (Wildman–Crippen LogP) is 0.665. The lowest BCUT2D eigenvalue weighted by Crippen LogP contribution is -2.45. The number of halogens is 3. The Hall–Kier alpha value is -1.12. The zero-order chi connectivity index (χ0) is 14.6. The molecule has 1 heterocycles. The van der Waals surface area contributed by atoms with Crippen molar-refractivity contribution < 1.29 is 18.3 Å². The second-order valence-electron chi connectivity index (χ2n) is 4.56. The van der Waals surface area contributed by atoms with Crippen LogP contribution in [-0.4, -0.2) is 51.7 Å². The van der Waals surface area contributed by atoms with E-state index in [1.807, 2.05) is 0 Å². The maximum Gasteiger partial charge on any atom is 0.401 e. The van der Waals surface area contributed by atoms with Crippen molar-refractivity contribution in [2.75, 3.05) is 19.7 Å². The van der Waals surface area contributed by atoms with Gasteiger partial charge in [-0.15, -0.1) is 0 Å². The SMILES string of the molecule is CC(N)C(c1cnn(C)c1)N(CCO)CC(F)(F)F. The predicted molar refractivity (Wildman–Crippen MR) is 64.3 cm³/mol. The Balaban J connectivity index is 2.99. The van der Waals surface area contributed by atoms with Crippen LogP contribution in [-0.2, 0) is 7.05 Å². The number of aliphatic hydroxyl groups excluding tert-OH is 1. The molecule has 19 heavy (non-hydrogen) atoms. The molecule has 2 unspecified atom stereocenters. The van der Waals surface area contributed by atoms with Crippen LogP contribution in [0.1, 0.15) is 18.5 Å². The number of aromatic nitrogens is 2. The maximum atomic E-state index is 12.6. The molecule has 1 rings (SSSR count). The lowest BCUT2D eigenvalue weighted by atomic mass is 10.0. The summed E-state index contributed by atoms with van der Waals surface area (Å²) in [6.07, 6.45) is -1.21. The van der Waals surface area contributed by atoms with Gasteiger partial charge in [0, 0.05) is 31.4 Å². The van der Waals surface area contributed by atoms with Gasteiger partial charge in [0.05, 0.1) is 25.4 Å². The molecule has 0 bridgehead atoms. The molecule has 0 saturated heterocycles. The minimum Gasteiger partial charge on any atom is -0.395 e. The lowest BCUT2D eigenvalue weighted by molar-refractivity contribution is -0.153. The number of nitrogens with two attached hydrogens (primary N) is 1. The van der Waals surface area contributed by atoms with E-state index in [0.29, 0.717) is 5.56 Å². The Kier molecular flexibility index (Phi) is 5.33. The summed E-state index contributed by atoms with van der Waals surface area (Å²) in [7, 11) is 1.68. The van der Waals surface area contributed by atoms with Crippen LogP contribution in [0, 0.1) is 0 Å². The Morgan fingerprint density at radius 2 is 2.16 bits per heavy atom. The Morgan fingerprint density at radius 1 is 1.53 bits per heavy atom. The number of nitrogens with zero attached hydrogens (tertiary/aromatic N) is 3. The van der Waals surface area contributed by atoms with Crippen molar-refractivity contribution in [3.63, 3.8) is 0 Å². The summed E-state index contributed by atoms with van der Waals surface area (Å²) in [6.45, 7) is 0.0627. The van der Waals surface area contributed by atoms with Crippen molar-refractivity contribution >= 4 is 0 Å². The van der Waals surface area contributed by atoms with Crippen LogP contribution < -0.4 is 5.73 Å². The third-order valence-corrected chi connectivity index (χ3v) is 2.73. The van der Waals surface area contributed by atoms with Gasteiger partial charge in [0.15, 0.2) is 0 Å². The van der Waals surface area contributed by atoms with E-state index in [9.17, 15) is 13.2 Å². The van der Waals surface area contributed by atoms with E-state index < -0.39 is 24.8 Å². The van der Waals surface area contributed by atoms with Gasteiger partial charge in [0.1, 0.15) is 0 Å². The van der Waals surface area contributed by atoms with E-state index in [1.54, 1.807) is 20.2 Å². The van der Waals surface area contributed by atoms with Gasteiger partial charge in [0.2, 0.25) is 0 Å². The molecule has 0 saturated carbocycles. The van der Waals surface area contributed by atoms with E-state index in [1.165, 1.54) is 10.9 Å². The number of hydrogen-bond donors (Lipinski definition) is 2. The van der Waals surface area contributed by atoms with E-state index in [0.717, 1.165) is 4.90 Å². The van der Waals surface area contributed by atoms with Crippen LogP contribution in [0.15, 0.2) is 12.4 Å². The van der Waals surface area contributed by atoms with Crippen LogP contribution in [0.5, 0.6) is 0 Å². The highest BCUT2D eigenvalue weighted by Gasteiger charge is 2.35. The molecule has 0 amide bonds. The Bertz CT molecular complexity index is 392. The van der Waals surface area contributed by atoms with Gasteiger partial charge >= 0.3 is 6.18 Å². The van der Waals surface area contributed by atoms with E-state index in [4.69, 9.17) is 10.8 Å². The first-order valence-electron chi connectivity index (χ1n) is 5.90. The molecule has 110 valence electrons. The summed E-state index contributed by atoms with van der Waals surface area (Å²) in [5.74, 6) is 0. The second-order valence-corrected chi connectivity index (χ2v) is 4.56. The topological polar surface area (TPSA) is 67.3 Å². The number of alkyl halides is 3. The summed E-state index contributed by atoms with van der Waals surface area (Å²) < 4.78 is 39.3. The van der Waals surface area contributed by atoms with Gasteiger partial charge in [-0.3, -0.25) is 9.58 Å². The first-order valence-corrected chi connectivity index (χ1v) is 5.90. The molecule has 5 nitrogen and oxygen atoms in total. The third-order valence-electron chi connectivity index (χ3n) is 2.73. The number of hydrogen-bond acceptors (Lipinski definition) is 4. The van der Waals surface area contributed by atoms with Crippen LogP contribution in [0.2, 0.25) is 0 Å². The molecule has 3 N–H and O–H groups in total. The van der Waals surface area contributed by atoms with Crippen molar-refractivity contribution in [2.45, 2.75) is 25.2 Å². The molecule has 1 aromatic heterocycles. The molecule has 1 aromatic rings. The molecule has 0 fully saturated rings. The monoisotopic (exact) mass is 280 g/mol. The quantitative estimate of drug-likeness (QED) is 0.803. The molecule has 2 atom stereocenters.